The van der Waals surface area contributed by atoms with Crippen molar-refractivity contribution in [1.82, 2.24) is 5.32 Å². The molecule has 1 aromatic heterocycles. The van der Waals surface area contributed by atoms with Gasteiger partial charge in [0.1, 0.15) is 0 Å². The summed E-state index contributed by atoms with van der Waals surface area (Å²) in [6.07, 6.45) is 1.46. The number of hydrogen-bond acceptors (Lipinski definition) is 3. The van der Waals surface area contributed by atoms with Gasteiger partial charge in [-0.2, -0.15) is 0 Å². The van der Waals surface area contributed by atoms with Crippen molar-refractivity contribution in [3.63, 3.8) is 0 Å². The molecule has 0 spiro atoms. The zero-order chi connectivity index (χ0) is 14.5. The van der Waals surface area contributed by atoms with Crippen molar-refractivity contribution < 1.29 is 14.7 Å². The number of aliphatic carboxylic acids is 1. The Labute approximate surface area is 125 Å². The fourth-order valence-corrected chi connectivity index (χ4v) is 3.44. The monoisotopic (exact) mass is 347 g/mol. The Hall–Kier alpha value is -0.880. The van der Waals surface area contributed by atoms with Gasteiger partial charge in [-0.1, -0.05) is 13.8 Å². The molecule has 0 saturated carbocycles. The second-order valence-corrected chi connectivity index (χ2v) is 7.04. The van der Waals surface area contributed by atoms with E-state index in [0.29, 0.717) is 12.8 Å². The fraction of sp³-hybridized carbons (Fsp3) is 0.538. The van der Waals surface area contributed by atoms with Gasteiger partial charge in [-0.05, 0) is 40.9 Å². The first-order valence-electron chi connectivity index (χ1n) is 6.18. The van der Waals surface area contributed by atoms with Crippen LogP contribution in [0, 0.1) is 0 Å². The highest BCUT2D eigenvalue weighted by Gasteiger charge is 2.30. The van der Waals surface area contributed by atoms with Gasteiger partial charge in [-0.3, -0.25) is 9.59 Å². The molecule has 0 fully saturated rings. The number of carboxylic acid groups (broad SMARTS) is 1. The van der Waals surface area contributed by atoms with E-state index in [9.17, 15) is 9.59 Å². The first-order valence-corrected chi connectivity index (χ1v) is 7.78. The van der Waals surface area contributed by atoms with Crippen LogP contribution in [0.3, 0.4) is 0 Å². The number of carboxylic acids is 1. The highest BCUT2D eigenvalue weighted by molar-refractivity contribution is 9.11. The Morgan fingerprint density at radius 1 is 1.37 bits per heavy atom. The number of carbonyl (C=O) groups is 2. The Bertz CT molecular complexity index is 454. The molecule has 1 aromatic rings. The van der Waals surface area contributed by atoms with Gasteiger partial charge >= 0.3 is 5.97 Å². The molecule has 0 bridgehead atoms. The second kappa shape index (κ2) is 7.05. The molecule has 106 valence electrons. The van der Waals surface area contributed by atoms with Crippen molar-refractivity contribution in [2.75, 3.05) is 0 Å². The van der Waals surface area contributed by atoms with E-state index in [2.05, 4.69) is 21.2 Å². The van der Waals surface area contributed by atoms with E-state index < -0.39 is 11.5 Å². The van der Waals surface area contributed by atoms with Gasteiger partial charge in [-0.15, -0.1) is 11.3 Å². The van der Waals surface area contributed by atoms with E-state index in [0.717, 1.165) is 8.66 Å². The average Bonchev–Trinajstić information content (AvgIpc) is 2.73. The molecule has 0 aliphatic heterocycles. The molecule has 4 nitrogen and oxygen atoms in total. The highest BCUT2D eigenvalue weighted by Crippen LogP contribution is 2.24. The number of rotatable bonds is 7. The lowest BCUT2D eigenvalue weighted by molar-refractivity contribution is -0.139. The Balaban J connectivity index is 2.68. The molecule has 0 radical (unpaired) electrons. The molecule has 19 heavy (non-hydrogen) atoms. The van der Waals surface area contributed by atoms with Crippen LogP contribution in [0.5, 0.6) is 0 Å². The predicted octanol–water partition coefficient (Wildman–Crippen LogP) is 3.20. The number of halogens is 1. The minimum atomic E-state index is -0.886. The minimum absolute atomic E-state index is 0.0418. The summed E-state index contributed by atoms with van der Waals surface area (Å²) in [6, 6.07) is 3.79. The van der Waals surface area contributed by atoms with E-state index >= 15 is 0 Å². The molecule has 0 aliphatic carbocycles. The topological polar surface area (TPSA) is 66.4 Å². The smallest absolute Gasteiger partial charge is 0.305 e. The number of amides is 1. The molecule has 1 amide bonds. The van der Waals surface area contributed by atoms with Gasteiger partial charge in [0.2, 0.25) is 5.91 Å². The first-order chi connectivity index (χ1) is 8.90. The predicted molar refractivity (Wildman–Crippen MR) is 79.4 cm³/mol. The van der Waals surface area contributed by atoms with Crippen LogP contribution >= 0.6 is 27.3 Å². The third-order valence-electron chi connectivity index (χ3n) is 3.21. The first kappa shape index (κ1) is 16.2. The van der Waals surface area contributed by atoms with Crippen molar-refractivity contribution >= 4 is 39.1 Å². The maximum atomic E-state index is 12.0. The molecule has 6 heteroatoms. The van der Waals surface area contributed by atoms with Crippen LogP contribution in [0.15, 0.2) is 15.9 Å². The molecule has 0 aromatic carbocycles. The number of carbonyl (C=O) groups excluding carboxylic acids is 1. The van der Waals surface area contributed by atoms with Crippen LogP contribution in [0.2, 0.25) is 0 Å². The van der Waals surface area contributed by atoms with Crippen molar-refractivity contribution in [3.05, 3.63) is 20.8 Å². The number of hydrogen-bond donors (Lipinski definition) is 2. The lowest BCUT2D eigenvalue weighted by atomic mass is 9.89. The molecule has 2 N–H and O–H groups in total. The van der Waals surface area contributed by atoms with Crippen LogP contribution < -0.4 is 5.32 Å². The molecule has 1 rings (SSSR count). The summed E-state index contributed by atoms with van der Waals surface area (Å²) in [7, 11) is 0. The Morgan fingerprint density at radius 3 is 2.42 bits per heavy atom. The number of thiophene rings is 1. The van der Waals surface area contributed by atoms with Gasteiger partial charge in [-0.25, -0.2) is 0 Å². The molecule has 0 unspecified atom stereocenters. The molecule has 0 atom stereocenters. The maximum Gasteiger partial charge on any atom is 0.305 e. The van der Waals surface area contributed by atoms with E-state index in [1.807, 2.05) is 26.0 Å². The molecular formula is C13H18BrNO3S. The second-order valence-electron chi connectivity index (χ2n) is 4.49. The van der Waals surface area contributed by atoms with E-state index in [-0.39, 0.29) is 18.7 Å². The molecule has 1 heterocycles. The van der Waals surface area contributed by atoms with Crippen LogP contribution in [-0.2, 0) is 16.0 Å². The summed E-state index contributed by atoms with van der Waals surface area (Å²) in [5.74, 6) is -1.01. The van der Waals surface area contributed by atoms with Crippen LogP contribution in [0.4, 0.5) is 0 Å². The third kappa shape index (κ3) is 4.95. The highest BCUT2D eigenvalue weighted by atomic mass is 79.9. The largest absolute Gasteiger partial charge is 0.481 e. The molecule has 0 aliphatic rings. The van der Waals surface area contributed by atoms with Crippen molar-refractivity contribution in [1.29, 1.82) is 0 Å². The normalized spacial score (nSPS) is 11.3. The zero-order valence-corrected chi connectivity index (χ0v) is 13.4. The van der Waals surface area contributed by atoms with Crippen LogP contribution in [0.25, 0.3) is 0 Å². The SMILES string of the molecule is CCC(CC)(CC(=O)O)NC(=O)Cc1ccc(Br)s1. The van der Waals surface area contributed by atoms with Crippen molar-refractivity contribution in [3.8, 4) is 0 Å². The van der Waals surface area contributed by atoms with Gasteiger partial charge < -0.3 is 10.4 Å². The fourth-order valence-electron chi connectivity index (χ4n) is 1.96. The summed E-state index contributed by atoms with van der Waals surface area (Å²) in [6.45, 7) is 3.79. The van der Waals surface area contributed by atoms with Crippen molar-refractivity contribution in [2.24, 2.45) is 0 Å². The Morgan fingerprint density at radius 2 is 2.00 bits per heavy atom. The van der Waals surface area contributed by atoms with E-state index in [1.165, 1.54) is 11.3 Å². The third-order valence-corrected chi connectivity index (χ3v) is 4.84. The summed E-state index contributed by atoms with van der Waals surface area (Å²) in [5, 5.41) is 11.9. The summed E-state index contributed by atoms with van der Waals surface area (Å²) >= 11 is 4.86. The Kier molecular flexibility index (Phi) is 6.00. The summed E-state index contributed by atoms with van der Waals surface area (Å²) in [4.78, 5) is 23.9. The lowest BCUT2D eigenvalue weighted by Crippen LogP contribution is -2.49. The minimum Gasteiger partial charge on any atom is -0.481 e. The summed E-state index contributed by atoms with van der Waals surface area (Å²) in [5.41, 5.74) is -0.641. The van der Waals surface area contributed by atoms with Gasteiger partial charge in [0.05, 0.1) is 16.6 Å². The lowest BCUT2D eigenvalue weighted by Gasteiger charge is -2.31. The molecular weight excluding hydrogens is 330 g/mol. The van der Waals surface area contributed by atoms with Gasteiger partial charge in [0.15, 0.2) is 0 Å². The standard InChI is InChI=1S/C13H18BrNO3S/c1-3-13(4-2,8-12(17)18)15-11(16)7-9-5-6-10(14)19-9/h5-6H,3-4,7-8H2,1-2H3,(H,15,16)(H,17,18). The van der Waals surface area contributed by atoms with Gasteiger partial charge in [0.25, 0.3) is 0 Å². The zero-order valence-electron chi connectivity index (χ0n) is 11.0. The maximum absolute atomic E-state index is 12.0. The average molecular weight is 348 g/mol. The van der Waals surface area contributed by atoms with E-state index in [4.69, 9.17) is 5.11 Å². The van der Waals surface area contributed by atoms with Crippen LogP contribution in [0.1, 0.15) is 38.0 Å². The quantitative estimate of drug-likeness (QED) is 0.795. The van der Waals surface area contributed by atoms with Crippen LogP contribution in [-0.4, -0.2) is 22.5 Å². The number of nitrogens with one attached hydrogen (secondary N) is 1. The van der Waals surface area contributed by atoms with E-state index in [1.54, 1.807) is 0 Å². The van der Waals surface area contributed by atoms with Gasteiger partial charge in [0, 0.05) is 10.4 Å². The van der Waals surface area contributed by atoms with Crippen molar-refractivity contribution in [2.45, 2.75) is 45.1 Å². The molecule has 0 saturated heterocycles. The summed E-state index contributed by atoms with van der Waals surface area (Å²) < 4.78 is 0.984.